The summed E-state index contributed by atoms with van der Waals surface area (Å²) in [5.74, 6) is -0.402. The van der Waals surface area contributed by atoms with Crippen LogP contribution in [-0.2, 0) is 6.42 Å². The molecule has 2 rings (SSSR count). The zero-order chi connectivity index (χ0) is 16.3. The van der Waals surface area contributed by atoms with Gasteiger partial charge in [-0.15, -0.1) is 0 Å². The third-order valence-corrected chi connectivity index (χ3v) is 3.57. The minimum atomic E-state index is -4.69. The van der Waals surface area contributed by atoms with Gasteiger partial charge in [0.05, 0.1) is 6.04 Å². The second kappa shape index (κ2) is 6.51. The quantitative estimate of drug-likeness (QED) is 0.746. The first-order chi connectivity index (χ1) is 10.3. The average Bonchev–Trinajstić information content (AvgIpc) is 2.80. The maximum Gasteiger partial charge on any atom is 0.414 e. The Morgan fingerprint density at radius 1 is 1.41 bits per heavy atom. The Balaban J connectivity index is 1.81. The summed E-state index contributed by atoms with van der Waals surface area (Å²) in [6.07, 6.45) is -6.47. The number of nitrogens with one attached hydrogen (secondary N) is 2. The molecule has 2 unspecified atom stereocenters. The van der Waals surface area contributed by atoms with E-state index in [4.69, 9.17) is 5.11 Å². The van der Waals surface area contributed by atoms with Gasteiger partial charge in [0.25, 0.3) is 0 Å². The summed E-state index contributed by atoms with van der Waals surface area (Å²) in [6, 6.07) is 3.35. The van der Waals surface area contributed by atoms with Crippen LogP contribution in [-0.4, -0.2) is 30.0 Å². The molecule has 1 aromatic rings. The van der Waals surface area contributed by atoms with Crippen LogP contribution in [0.5, 0.6) is 0 Å². The topological polar surface area (TPSA) is 61.4 Å². The first-order valence-corrected chi connectivity index (χ1v) is 6.85. The van der Waals surface area contributed by atoms with Crippen molar-refractivity contribution in [3.63, 3.8) is 0 Å². The number of fused-ring (bicyclic) bond motifs is 1. The molecule has 0 fully saturated rings. The Hall–Kier alpha value is -1.83. The van der Waals surface area contributed by atoms with Gasteiger partial charge in [-0.3, -0.25) is 0 Å². The number of amides is 2. The fraction of sp³-hybridized carbons (Fsp3) is 0.500. The maximum absolute atomic E-state index is 13.2. The summed E-state index contributed by atoms with van der Waals surface area (Å²) in [6.45, 7) is -0.310. The number of hydrogen-bond donors (Lipinski definition) is 3. The van der Waals surface area contributed by atoms with E-state index in [1.165, 1.54) is 12.1 Å². The number of hydrogen-bond acceptors (Lipinski definition) is 2. The highest BCUT2D eigenvalue weighted by atomic mass is 19.4. The van der Waals surface area contributed by atoms with Crippen LogP contribution >= 0.6 is 0 Å². The van der Waals surface area contributed by atoms with E-state index in [1.807, 2.05) is 0 Å². The van der Waals surface area contributed by atoms with E-state index in [1.54, 1.807) is 6.07 Å². The smallest absolute Gasteiger partial charge is 0.384 e. The van der Waals surface area contributed by atoms with Crippen molar-refractivity contribution in [3.05, 3.63) is 35.1 Å². The molecule has 0 bridgehead atoms. The number of rotatable bonds is 4. The van der Waals surface area contributed by atoms with Gasteiger partial charge in [0.1, 0.15) is 5.82 Å². The Morgan fingerprint density at radius 3 is 2.82 bits per heavy atom. The molecule has 1 aliphatic carbocycles. The van der Waals surface area contributed by atoms with Gasteiger partial charge < -0.3 is 15.7 Å². The van der Waals surface area contributed by atoms with E-state index in [2.05, 4.69) is 10.6 Å². The minimum absolute atomic E-state index is 0.310. The third-order valence-electron chi connectivity index (χ3n) is 3.57. The zero-order valence-electron chi connectivity index (χ0n) is 11.6. The third kappa shape index (κ3) is 4.09. The van der Waals surface area contributed by atoms with Gasteiger partial charge in [-0.25, -0.2) is 9.18 Å². The number of carbonyl (C=O) groups is 1. The summed E-state index contributed by atoms with van der Waals surface area (Å²) in [5.41, 5.74) is 1.63. The van der Waals surface area contributed by atoms with E-state index in [9.17, 15) is 22.4 Å². The summed E-state index contributed by atoms with van der Waals surface area (Å²) < 4.78 is 49.5. The van der Waals surface area contributed by atoms with Crippen LogP contribution in [0.4, 0.5) is 22.4 Å². The van der Waals surface area contributed by atoms with Gasteiger partial charge in [-0.2, -0.15) is 13.2 Å². The lowest BCUT2D eigenvalue weighted by Crippen LogP contribution is -2.40. The van der Waals surface area contributed by atoms with Crippen molar-refractivity contribution in [2.45, 2.75) is 37.6 Å². The standard InChI is InChI=1S/C14H16F4N2O2/c15-9-3-1-8-2-4-11(10(8)7-9)20-13(22)19-6-5-12(21)14(16,17)18/h1,3,7,11-12,21H,2,4-6H2,(H2,19,20,22). The van der Waals surface area contributed by atoms with Crippen molar-refractivity contribution in [1.29, 1.82) is 0 Å². The minimum Gasteiger partial charge on any atom is -0.384 e. The molecule has 1 aromatic carbocycles. The lowest BCUT2D eigenvalue weighted by atomic mass is 10.1. The van der Waals surface area contributed by atoms with Crippen molar-refractivity contribution >= 4 is 6.03 Å². The second-order valence-corrected chi connectivity index (χ2v) is 5.18. The highest BCUT2D eigenvalue weighted by molar-refractivity contribution is 5.74. The number of benzene rings is 1. The van der Waals surface area contributed by atoms with Crippen molar-refractivity contribution in [1.82, 2.24) is 10.6 Å². The van der Waals surface area contributed by atoms with E-state index >= 15 is 0 Å². The highest BCUT2D eigenvalue weighted by Gasteiger charge is 2.37. The number of urea groups is 1. The fourth-order valence-corrected chi connectivity index (χ4v) is 2.42. The maximum atomic E-state index is 13.2. The summed E-state index contributed by atoms with van der Waals surface area (Å²) in [7, 11) is 0. The molecule has 1 aliphatic rings. The van der Waals surface area contributed by atoms with Crippen molar-refractivity contribution in [3.8, 4) is 0 Å². The lowest BCUT2D eigenvalue weighted by Gasteiger charge is -2.17. The molecule has 0 aliphatic heterocycles. The number of aliphatic hydroxyl groups excluding tert-OH is 1. The van der Waals surface area contributed by atoms with Crippen LogP contribution in [0.3, 0.4) is 0 Å². The highest BCUT2D eigenvalue weighted by Crippen LogP contribution is 2.31. The van der Waals surface area contributed by atoms with Crippen molar-refractivity contribution in [2.75, 3.05) is 6.54 Å². The molecule has 8 heteroatoms. The molecule has 3 N–H and O–H groups in total. The van der Waals surface area contributed by atoms with Gasteiger partial charge in [-0.05, 0) is 42.5 Å². The second-order valence-electron chi connectivity index (χ2n) is 5.18. The predicted octanol–water partition coefficient (Wildman–Crippen LogP) is 2.43. The number of aryl methyl sites for hydroxylation is 1. The fourth-order valence-electron chi connectivity index (χ4n) is 2.42. The molecule has 0 radical (unpaired) electrons. The first-order valence-electron chi connectivity index (χ1n) is 6.85. The Morgan fingerprint density at radius 2 is 2.14 bits per heavy atom. The molecule has 2 amide bonds. The summed E-state index contributed by atoms with van der Waals surface area (Å²) >= 11 is 0. The van der Waals surface area contributed by atoms with Gasteiger partial charge >= 0.3 is 12.2 Å². The van der Waals surface area contributed by atoms with Gasteiger partial charge in [0.2, 0.25) is 0 Å². The number of alkyl halides is 3. The average molecular weight is 320 g/mol. The van der Waals surface area contributed by atoms with E-state index in [0.29, 0.717) is 18.4 Å². The molecular weight excluding hydrogens is 304 g/mol. The first kappa shape index (κ1) is 16.5. The molecule has 122 valence electrons. The molecule has 0 saturated heterocycles. The normalized spacial score (nSPS) is 18.7. The monoisotopic (exact) mass is 320 g/mol. The molecule has 22 heavy (non-hydrogen) atoms. The van der Waals surface area contributed by atoms with Crippen LogP contribution in [0.2, 0.25) is 0 Å². The summed E-state index contributed by atoms with van der Waals surface area (Å²) in [4.78, 5) is 11.6. The van der Waals surface area contributed by atoms with Crippen LogP contribution in [0.25, 0.3) is 0 Å². The molecule has 0 aromatic heterocycles. The zero-order valence-corrected chi connectivity index (χ0v) is 11.6. The van der Waals surface area contributed by atoms with Crippen molar-refractivity contribution in [2.24, 2.45) is 0 Å². The molecule has 0 spiro atoms. The number of halogens is 4. The molecule has 0 saturated carbocycles. The Labute approximate surface area is 124 Å². The van der Waals surface area contributed by atoms with Crippen LogP contribution in [0.1, 0.15) is 30.0 Å². The Kier molecular flexibility index (Phi) is 4.90. The van der Waals surface area contributed by atoms with Crippen LogP contribution < -0.4 is 10.6 Å². The van der Waals surface area contributed by atoms with Gasteiger partial charge in [-0.1, -0.05) is 6.07 Å². The van der Waals surface area contributed by atoms with E-state index in [0.717, 1.165) is 5.56 Å². The lowest BCUT2D eigenvalue weighted by molar-refractivity contribution is -0.204. The van der Waals surface area contributed by atoms with Crippen molar-refractivity contribution < 1.29 is 27.5 Å². The predicted molar refractivity (Wildman–Crippen MR) is 70.7 cm³/mol. The SMILES string of the molecule is O=C(NCCC(O)C(F)(F)F)NC1CCc2ccc(F)cc21. The van der Waals surface area contributed by atoms with E-state index in [-0.39, 0.29) is 12.6 Å². The molecule has 0 heterocycles. The largest absolute Gasteiger partial charge is 0.414 e. The van der Waals surface area contributed by atoms with E-state index < -0.39 is 30.5 Å². The number of aliphatic hydroxyl groups is 1. The van der Waals surface area contributed by atoms with Crippen LogP contribution in [0, 0.1) is 5.82 Å². The van der Waals surface area contributed by atoms with Gasteiger partial charge in [0.15, 0.2) is 6.10 Å². The number of carbonyl (C=O) groups excluding carboxylic acids is 1. The molecule has 2 atom stereocenters. The summed E-state index contributed by atoms with van der Waals surface area (Å²) in [5, 5.41) is 13.7. The Bertz CT molecular complexity index is 548. The van der Waals surface area contributed by atoms with Crippen LogP contribution in [0.15, 0.2) is 18.2 Å². The molecular formula is C14H16F4N2O2. The molecule has 4 nitrogen and oxygen atoms in total. The van der Waals surface area contributed by atoms with Gasteiger partial charge in [0, 0.05) is 6.54 Å².